The van der Waals surface area contributed by atoms with Gasteiger partial charge in [-0.25, -0.2) is 4.79 Å². The second-order valence-corrected chi connectivity index (χ2v) is 20.6. The summed E-state index contributed by atoms with van der Waals surface area (Å²) in [4.78, 5) is 40.3. The van der Waals surface area contributed by atoms with Gasteiger partial charge in [0.05, 0.1) is 59.2 Å². The molecule has 0 unspecified atom stereocenters. The number of halogens is 2. The fourth-order valence-electron chi connectivity index (χ4n) is 9.11. The first kappa shape index (κ1) is 61.8. The molecule has 0 amide bonds. The van der Waals surface area contributed by atoms with Gasteiger partial charge in [0.2, 0.25) is 0 Å². The summed E-state index contributed by atoms with van der Waals surface area (Å²) in [6.45, 7) is 17.9. The first-order chi connectivity index (χ1) is 34.1. The summed E-state index contributed by atoms with van der Waals surface area (Å²) in [6.07, 6.45) is -6.46. The van der Waals surface area contributed by atoms with E-state index >= 15 is 0 Å². The van der Waals surface area contributed by atoms with Gasteiger partial charge in [-0.1, -0.05) is 86.9 Å². The molecule has 2 saturated heterocycles. The van der Waals surface area contributed by atoms with Crippen molar-refractivity contribution in [3.8, 4) is 11.5 Å². The molecular formula is C53H76Cl2O18. The summed E-state index contributed by atoms with van der Waals surface area (Å²) < 4.78 is 41.9. The summed E-state index contributed by atoms with van der Waals surface area (Å²) in [6, 6.07) is 0. The van der Waals surface area contributed by atoms with Crippen molar-refractivity contribution in [2.24, 2.45) is 17.8 Å². The zero-order valence-electron chi connectivity index (χ0n) is 43.7. The van der Waals surface area contributed by atoms with Crippen molar-refractivity contribution < 1.29 is 88.4 Å². The van der Waals surface area contributed by atoms with Crippen LogP contribution in [0.1, 0.15) is 111 Å². The van der Waals surface area contributed by atoms with Crippen LogP contribution in [0.15, 0.2) is 58.7 Å². The summed E-state index contributed by atoms with van der Waals surface area (Å²) in [5.74, 6) is -6.18. The summed E-state index contributed by atoms with van der Waals surface area (Å²) in [5, 5.41) is 88.1. The number of allylic oxidation sites excluding steroid dienone is 4. The van der Waals surface area contributed by atoms with Crippen LogP contribution in [0.3, 0.4) is 0 Å². The molecule has 410 valence electrons. The number of hydrogen-bond donors (Lipinski definition) is 8. The lowest BCUT2D eigenvalue weighted by Crippen LogP contribution is -2.64. The highest BCUT2D eigenvalue weighted by Gasteiger charge is 2.53. The Morgan fingerprint density at radius 1 is 0.918 bits per heavy atom. The van der Waals surface area contributed by atoms with Gasteiger partial charge in [0.1, 0.15) is 46.9 Å². The van der Waals surface area contributed by atoms with Crippen molar-refractivity contribution >= 4 is 40.9 Å². The maximum Gasteiger partial charge on any atom is 0.336 e. The SMILES string of the molecule is CCc1c(Cl)c(O)c(Cl)c(O)c1C(=O)[C@@H](O)[C@@H]1[C@@H](O)[C@H](OC)[C@@H](OC/C2=C/C=C\C[C@H](O)/C(C)=C\[C@H](CC)[C@H](O[C@@H]3OC(C)(C)[C@@H](OC(=O)C(C)C)[C@H](O)[C@@H]3O)/C(C)=C\C(C)=C/C[C@@H]([C@H](C)O)OC2=O)O[C@@H]1C. The predicted molar refractivity (Wildman–Crippen MR) is 270 cm³/mol. The monoisotopic (exact) mass is 1070 g/mol. The fraction of sp³-hybridized carbons (Fsp3) is 0.642. The van der Waals surface area contributed by atoms with Crippen molar-refractivity contribution in [1.29, 1.82) is 0 Å². The van der Waals surface area contributed by atoms with E-state index in [9.17, 15) is 55.2 Å². The highest BCUT2D eigenvalue weighted by Crippen LogP contribution is 2.46. The molecule has 0 aliphatic carbocycles. The van der Waals surface area contributed by atoms with Crippen molar-refractivity contribution in [2.75, 3.05) is 13.7 Å². The molecule has 15 atom stereocenters. The second kappa shape index (κ2) is 26.8. The van der Waals surface area contributed by atoms with Crippen LogP contribution in [0.25, 0.3) is 0 Å². The molecule has 73 heavy (non-hydrogen) atoms. The van der Waals surface area contributed by atoms with Gasteiger partial charge in [-0.3, -0.25) is 9.59 Å². The standard InChI is InChI=1S/C53H76Cl2O18/c1-13-30-22-26(6)33(57)18-16-15-17-31(23-68-52-47(67-12)42(61)35(29(9)69-52)40(59)41(60)36-32(14-2)37(54)43(62)38(55)39(36)58)50(66)70-34(28(8)56)20-19-25(5)21-27(7)46(30)71-51-45(64)44(63)48(53(10,11)73-51)72-49(65)24(3)4/h15-17,19,21-22,24,28-30,33-35,40,42,44-48,51-52,56-59,61-64H,13-14,18,20,23H2,1-12H3/b16-15-,25-19-,26-22-,27-21-,31-17-/t28-,29+,30-,33-,34-,35+,40-,42+,44+,45-,46+,47-,48-,51+,52-/m0/s1. The molecule has 0 spiro atoms. The van der Waals surface area contributed by atoms with Gasteiger partial charge < -0.3 is 74.0 Å². The van der Waals surface area contributed by atoms with Crippen LogP contribution in [0.2, 0.25) is 10.0 Å². The Morgan fingerprint density at radius 2 is 1.58 bits per heavy atom. The average Bonchev–Trinajstić information content (AvgIpc) is 3.32. The molecule has 0 aromatic heterocycles. The van der Waals surface area contributed by atoms with Crippen LogP contribution < -0.4 is 0 Å². The number of ketones is 1. The van der Waals surface area contributed by atoms with Crippen molar-refractivity contribution in [2.45, 2.75) is 187 Å². The molecule has 2 fully saturated rings. The Morgan fingerprint density at radius 3 is 2.16 bits per heavy atom. The van der Waals surface area contributed by atoms with Crippen molar-refractivity contribution in [3.63, 3.8) is 0 Å². The van der Waals surface area contributed by atoms with Crippen LogP contribution in [-0.2, 0) is 49.2 Å². The largest absolute Gasteiger partial charge is 0.505 e. The summed E-state index contributed by atoms with van der Waals surface area (Å²) in [5.41, 5.74) is 0.203. The number of cyclic esters (lactones) is 1. The van der Waals surface area contributed by atoms with E-state index in [1.54, 1.807) is 60.6 Å². The molecule has 4 rings (SSSR count). The lowest BCUT2D eigenvalue weighted by atomic mass is 9.81. The fourth-order valence-corrected chi connectivity index (χ4v) is 9.67. The van der Waals surface area contributed by atoms with Gasteiger partial charge in [-0.05, 0) is 90.5 Å². The van der Waals surface area contributed by atoms with E-state index in [1.807, 2.05) is 26.0 Å². The molecule has 0 saturated carbocycles. The maximum absolute atomic E-state index is 14.0. The topological polar surface area (TPSA) is 278 Å². The number of aliphatic hydroxyl groups excluding tert-OH is 6. The zero-order valence-corrected chi connectivity index (χ0v) is 45.2. The van der Waals surface area contributed by atoms with Crippen LogP contribution in [0, 0.1) is 17.8 Å². The summed E-state index contributed by atoms with van der Waals surface area (Å²) in [7, 11) is 1.24. The lowest BCUT2D eigenvalue weighted by molar-refractivity contribution is -0.333. The number of carbonyl (C=O) groups excluding carboxylic acids is 3. The van der Waals surface area contributed by atoms with E-state index < -0.39 is 149 Å². The number of aromatic hydroxyl groups is 2. The number of phenolic OH excluding ortho intramolecular Hbond substituents is 2. The van der Waals surface area contributed by atoms with Gasteiger partial charge >= 0.3 is 11.9 Å². The number of rotatable bonds is 14. The number of phenols is 2. The summed E-state index contributed by atoms with van der Waals surface area (Å²) >= 11 is 12.3. The Hall–Kier alpha value is -3.73. The third-order valence-electron chi connectivity index (χ3n) is 13.6. The van der Waals surface area contributed by atoms with Crippen LogP contribution in [0.4, 0.5) is 0 Å². The molecule has 0 radical (unpaired) electrons. The van der Waals surface area contributed by atoms with E-state index in [0.29, 0.717) is 23.1 Å². The molecule has 3 heterocycles. The third-order valence-corrected chi connectivity index (χ3v) is 14.3. The number of esters is 2. The second-order valence-electron chi connectivity index (χ2n) is 19.9. The number of carbonyl (C=O) groups is 3. The van der Waals surface area contributed by atoms with E-state index in [2.05, 4.69) is 0 Å². The third kappa shape index (κ3) is 14.8. The first-order valence-electron chi connectivity index (χ1n) is 24.6. The molecule has 18 nitrogen and oxygen atoms in total. The highest BCUT2D eigenvalue weighted by atomic mass is 35.5. The number of Topliss-reactive ketones (excluding diaryl/α,β-unsaturated/α-hetero) is 1. The first-order valence-corrected chi connectivity index (χ1v) is 25.4. The van der Waals surface area contributed by atoms with E-state index in [-0.39, 0.29) is 35.4 Å². The molecule has 1 aromatic rings. The van der Waals surface area contributed by atoms with Crippen LogP contribution in [-0.4, -0.2) is 158 Å². The minimum atomic E-state index is -2.00. The smallest absolute Gasteiger partial charge is 0.336 e. The van der Waals surface area contributed by atoms with Gasteiger partial charge in [0.25, 0.3) is 0 Å². The molecule has 3 aliphatic heterocycles. The van der Waals surface area contributed by atoms with Crippen molar-refractivity contribution in [3.05, 3.63) is 79.9 Å². The Bertz CT molecular complexity index is 2250. The number of ether oxygens (including phenoxy) is 7. The molecule has 1 aromatic carbocycles. The molecule has 3 aliphatic rings. The molecular weight excluding hydrogens is 995 g/mol. The lowest BCUT2D eigenvalue weighted by Gasteiger charge is -2.47. The highest BCUT2D eigenvalue weighted by molar-refractivity contribution is 6.39. The van der Waals surface area contributed by atoms with E-state index in [4.69, 9.17) is 56.4 Å². The number of aliphatic hydroxyl groups is 6. The van der Waals surface area contributed by atoms with Gasteiger partial charge in [0.15, 0.2) is 30.2 Å². The number of benzene rings is 1. The van der Waals surface area contributed by atoms with Gasteiger partial charge in [-0.15, -0.1) is 0 Å². The Kier molecular flexibility index (Phi) is 22.7. The average molecular weight is 1070 g/mol. The van der Waals surface area contributed by atoms with E-state index in [1.165, 1.54) is 33.1 Å². The molecule has 0 bridgehead atoms. The quantitative estimate of drug-likeness (QED) is 0.0615. The maximum atomic E-state index is 14.0. The zero-order chi connectivity index (χ0) is 55.0. The van der Waals surface area contributed by atoms with Crippen molar-refractivity contribution in [1.82, 2.24) is 0 Å². The van der Waals surface area contributed by atoms with Gasteiger partial charge in [0, 0.05) is 25.4 Å². The Balaban J connectivity index is 1.62. The normalized spacial score (nSPS) is 35.0. The van der Waals surface area contributed by atoms with Crippen LogP contribution in [0.5, 0.6) is 11.5 Å². The number of methoxy groups -OCH3 is 1. The molecule has 20 heteroatoms. The Labute approximate surface area is 437 Å². The minimum absolute atomic E-state index is 0.0215. The van der Waals surface area contributed by atoms with E-state index in [0.717, 1.165) is 0 Å². The number of hydrogen-bond acceptors (Lipinski definition) is 18. The minimum Gasteiger partial charge on any atom is -0.505 e. The molecule has 8 N–H and O–H groups in total. The predicted octanol–water partition coefficient (Wildman–Crippen LogP) is 5.87. The van der Waals surface area contributed by atoms with Gasteiger partial charge in [-0.2, -0.15) is 0 Å². The van der Waals surface area contributed by atoms with Crippen LogP contribution >= 0.6 is 23.2 Å².